The van der Waals surface area contributed by atoms with Gasteiger partial charge in [0.05, 0.1) is 19.3 Å². The molecule has 9 heteroatoms. The molecule has 3 heterocycles. The summed E-state index contributed by atoms with van der Waals surface area (Å²) in [7, 11) is 1.56. The van der Waals surface area contributed by atoms with Gasteiger partial charge in [-0.2, -0.15) is 0 Å². The van der Waals surface area contributed by atoms with E-state index in [0.717, 1.165) is 5.56 Å². The minimum atomic E-state index is -0.548. The van der Waals surface area contributed by atoms with Crippen LogP contribution in [0.15, 0.2) is 41.0 Å². The van der Waals surface area contributed by atoms with E-state index in [4.69, 9.17) is 9.15 Å². The fourth-order valence-corrected chi connectivity index (χ4v) is 3.50. The van der Waals surface area contributed by atoms with Gasteiger partial charge in [0.15, 0.2) is 10.8 Å². The molecule has 4 rings (SSSR count). The topological polar surface area (TPSA) is 106 Å². The molecular formula is C17H14N4O4S. The van der Waals surface area contributed by atoms with E-state index in [-0.39, 0.29) is 18.2 Å². The number of hydrogen-bond acceptors (Lipinski definition) is 7. The van der Waals surface area contributed by atoms with Gasteiger partial charge in [-0.05, 0) is 23.8 Å². The molecule has 0 bridgehead atoms. The van der Waals surface area contributed by atoms with Gasteiger partial charge in [0.25, 0.3) is 0 Å². The standard InChI is InChI=1S/C17H14N4O4S/c1-24-9-4-5-10-11(15(23)18-12(10)7-9)8-14(22)19-17-21-20-16(26-17)13-3-2-6-25-13/h2-7,11H,8H2,1H3,(H,18,23)(H,19,21,22). The summed E-state index contributed by atoms with van der Waals surface area (Å²) in [5.41, 5.74) is 1.45. The van der Waals surface area contributed by atoms with Gasteiger partial charge >= 0.3 is 0 Å². The summed E-state index contributed by atoms with van der Waals surface area (Å²) in [5.74, 6) is 0.163. The average molecular weight is 370 g/mol. The number of fused-ring (bicyclic) bond motifs is 1. The van der Waals surface area contributed by atoms with Crippen molar-refractivity contribution in [1.82, 2.24) is 10.2 Å². The van der Waals surface area contributed by atoms with E-state index >= 15 is 0 Å². The molecule has 2 aromatic heterocycles. The summed E-state index contributed by atoms with van der Waals surface area (Å²) < 4.78 is 10.4. The molecule has 0 radical (unpaired) electrons. The van der Waals surface area contributed by atoms with E-state index in [0.29, 0.717) is 27.3 Å². The van der Waals surface area contributed by atoms with Gasteiger partial charge in [0, 0.05) is 18.2 Å². The summed E-state index contributed by atoms with van der Waals surface area (Å²) in [5, 5.41) is 14.3. The van der Waals surface area contributed by atoms with Crippen LogP contribution in [0.4, 0.5) is 10.8 Å². The number of ether oxygens (including phenoxy) is 1. The van der Waals surface area contributed by atoms with Crippen LogP contribution >= 0.6 is 11.3 Å². The zero-order valence-corrected chi connectivity index (χ0v) is 14.5. The SMILES string of the molecule is COc1ccc2c(c1)NC(=O)C2CC(=O)Nc1nnc(-c2ccco2)s1. The smallest absolute Gasteiger partial charge is 0.232 e. The van der Waals surface area contributed by atoms with Gasteiger partial charge in [0.2, 0.25) is 16.9 Å². The van der Waals surface area contributed by atoms with Crippen LogP contribution in [0.5, 0.6) is 5.75 Å². The van der Waals surface area contributed by atoms with Crippen molar-refractivity contribution in [2.75, 3.05) is 17.7 Å². The second kappa shape index (κ2) is 6.60. The molecule has 0 fully saturated rings. The highest BCUT2D eigenvalue weighted by Gasteiger charge is 2.32. The largest absolute Gasteiger partial charge is 0.497 e. The molecule has 26 heavy (non-hydrogen) atoms. The normalized spacial score (nSPS) is 15.4. The Morgan fingerprint density at radius 1 is 1.38 bits per heavy atom. The molecule has 1 aliphatic rings. The third-order valence-electron chi connectivity index (χ3n) is 4.00. The van der Waals surface area contributed by atoms with E-state index in [9.17, 15) is 9.59 Å². The van der Waals surface area contributed by atoms with Crippen LogP contribution in [-0.2, 0) is 9.59 Å². The first-order valence-corrected chi connectivity index (χ1v) is 8.61. The lowest BCUT2D eigenvalue weighted by Gasteiger charge is -2.08. The Bertz CT molecular complexity index is 967. The van der Waals surface area contributed by atoms with E-state index in [1.165, 1.54) is 11.3 Å². The second-order valence-electron chi connectivity index (χ2n) is 5.64. The Morgan fingerprint density at radius 3 is 3.04 bits per heavy atom. The van der Waals surface area contributed by atoms with Crippen LogP contribution in [0.2, 0.25) is 0 Å². The Balaban J connectivity index is 1.45. The van der Waals surface area contributed by atoms with Crippen molar-refractivity contribution in [3.8, 4) is 16.5 Å². The van der Waals surface area contributed by atoms with E-state index < -0.39 is 5.92 Å². The fourth-order valence-electron chi connectivity index (χ4n) is 2.77. The maximum absolute atomic E-state index is 12.3. The highest BCUT2D eigenvalue weighted by atomic mass is 32.1. The van der Waals surface area contributed by atoms with Crippen LogP contribution in [0, 0.1) is 0 Å². The number of nitrogens with zero attached hydrogens (tertiary/aromatic N) is 2. The third kappa shape index (κ3) is 3.04. The molecule has 0 saturated heterocycles. The van der Waals surface area contributed by atoms with Crippen molar-refractivity contribution >= 4 is 34.0 Å². The molecule has 132 valence electrons. The summed E-state index contributed by atoms with van der Waals surface area (Å²) in [6.07, 6.45) is 1.56. The Hall–Kier alpha value is -3.20. The molecule has 1 unspecified atom stereocenters. The molecule has 0 saturated carbocycles. The molecule has 2 amide bonds. The first-order chi connectivity index (χ1) is 12.6. The van der Waals surface area contributed by atoms with Gasteiger partial charge < -0.3 is 19.8 Å². The first kappa shape index (κ1) is 16.3. The lowest BCUT2D eigenvalue weighted by atomic mass is 9.97. The van der Waals surface area contributed by atoms with Crippen molar-refractivity contribution in [3.63, 3.8) is 0 Å². The number of carbonyl (C=O) groups is 2. The molecule has 8 nitrogen and oxygen atoms in total. The predicted octanol–water partition coefficient (Wildman–Crippen LogP) is 2.87. The summed E-state index contributed by atoms with van der Waals surface area (Å²) in [4.78, 5) is 24.6. The van der Waals surface area contributed by atoms with E-state index in [2.05, 4.69) is 20.8 Å². The van der Waals surface area contributed by atoms with E-state index in [1.54, 1.807) is 43.7 Å². The van der Waals surface area contributed by atoms with Gasteiger partial charge in [0.1, 0.15) is 5.75 Å². The molecular weight excluding hydrogens is 356 g/mol. The zero-order chi connectivity index (χ0) is 18.1. The van der Waals surface area contributed by atoms with Crippen LogP contribution in [-0.4, -0.2) is 29.1 Å². The Labute approximate surface area is 152 Å². The van der Waals surface area contributed by atoms with Crippen LogP contribution in [0.3, 0.4) is 0 Å². The van der Waals surface area contributed by atoms with Crippen molar-refractivity contribution in [2.24, 2.45) is 0 Å². The maximum Gasteiger partial charge on any atom is 0.232 e. The molecule has 3 aromatic rings. The minimum absolute atomic E-state index is 0.0147. The zero-order valence-electron chi connectivity index (χ0n) is 13.7. The molecule has 1 atom stereocenters. The number of carbonyl (C=O) groups excluding carboxylic acids is 2. The summed E-state index contributed by atoms with van der Waals surface area (Å²) in [6.45, 7) is 0. The predicted molar refractivity (Wildman–Crippen MR) is 95.2 cm³/mol. The number of hydrogen-bond donors (Lipinski definition) is 2. The molecule has 1 aliphatic heterocycles. The lowest BCUT2D eigenvalue weighted by molar-refractivity contribution is -0.122. The number of aromatic nitrogens is 2. The van der Waals surface area contributed by atoms with Gasteiger partial charge in [-0.25, -0.2) is 0 Å². The highest BCUT2D eigenvalue weighted by Crippen LogP contribution is 2.37. The number of nitrogens with one attached hydrogen (secondary N) is 2. The van der Waals surface area contributed by atoms with Gasteiger partial charge in [-0.3, -0.25) is 9.59 Å². The van der Waals surface area contributed by atoms with Crippen molar-refractivity contribution in [3.05, 3.63) is 42.2 Å². The number of methoxy groups -OCH3 is 1. The number of amides is 2. The Kier molecular flexibility index (Phi) is 4.13. The maximum atomic E-state index is 12.3. The summed E-state index contributed by atoms with van der Waals surface area (Å²) >= 11 is 1.20. The first-order valence-electron chi connectivity index (χ1n) is 7.80. The van der Waals surface area contributed by atoms with Crippen LogP contribution < -0.4 is 15.4 Å². The average Bonchev–Trinajstić information content (AvgIpc) is 3.35. The van der Waals surface area contributed by atoms with E-state index in [1.807, 2.05) is 0 Å². The fraction of sp³-hybridized carbons (Fsp3) is 0.176. The summed E-state index contributed by atoms with van der Waals surface area (Å²) in [6, 6.07) is 8.82. The van der Waals surface area contributed by atoms with Crippen molar-refractivity contribution in [1.29, 1.82) is 0 Å². The molecule has 0 spiro atoms. The number of benzene rings is 1. The lowest BCUT2D eigenvalue weighted by Crippen LogP contribution is -2.20. The molecule has 1 aromatic carbocycles. The van der Waals surface area contributed by atoms with Crippen LogP contribution in [0.25, 0.3) is 10.8 Å². The van der Waals surface area contributed by atoms with Crippen LogP contribution in [0.1, 0.15) is 17.9 Å². The Morgan fingerprint density at radius 2 is 2.27 bits per heavy atom. The molecule has 0 aliphatic carbocycles. The number of anilines is 2. The third-order valence-corrected chi connectivity index (χ3v) is 4.86. The number of rotatable bonds is 5. The van der Waals surface area contributed by atoms with Gasteiger partial charge in [-0.15, -0.1) is 10.2 Å². The molecule has 2 N–H and O–H groups in total. The minimum Gasteiger partial charge on any atom is -0.497 e. The van der Waals surface area contributed by atoms with Gasteiger partial charge in [-0.1, -0.05) is 17.4 Å². The number of furan rings is 1. The monoisotopic (exact) mass is 370 g/mol. The highest BCUT2D eigenvalue weighted by molar-refractivity contribution is 7.18. The van der Waals surface area contributed by atoms with Crippen molar-refractivity contribution in [2.45, 2.75) is 12.3 Å². The second-order valence-corrected chi connectivity index (χ2v) is 6.61. The quantitative estimate of drug-likeness (QED) is 0.715. The van der Waals surface area contributed by atoms with Crippen molar-refractivity contribution < 1.29 is 18.7 Å².